The Bertz CT molecular complexity index is 687. The molecular weight excluding hydrogens is 270 g/mol. The zero-order chi connectivity index (χ0) is 11.7. The quantitative estimate of drug-likeness (QED) is 0.691. The molecule has 0 bridgehead atoms. The molecule has 18 heavy (non-hydrogen) atoms. The molecule has 94 valence electrons. The SMILES string of the molecule is Cl.O=c1[nH]c2ccc(NCc3ccsc3)cc2[nH]1. The minimum atomic E-state index is -0.171. The first-order valence-electron chi connectivity index (χ1n) is 5.28. The molecule has 1 aromatic carbocycles. The van der Waals surface area contributed by atoms with Crippen LogP contribution in [0.3, 0.4) is 0 Å². The first-order chi connectivity index (χ1) is 8.31. The van der Waals surface area contributed by atoms with Gasteiger partial charge in [-0.1, -0.05) is 0 Å². The Balaban J connectivity index is 0.00000120. The molecule has 4 nitrogen and oxygen atoms in total. The number of thiophene rings is 1. The number of rotatable bonds is 3. The molecule has 0 unspecified atom stereocenters. The molecule has 6 heteroatoms. The summed E-state index contributed by atoms with van der Waals surface area (Å²) in [5.41, 5.74) is 3.74. The smallest absolute Gasteiger partial charge is 0.323 e. The Morgan fingerprint density at radius 1 is 1.17 bits per heavy atom. The zero-order valence-corrected chi connectivity index (χ0v) is 11.0. The number of nitrogens with one attached hydrogen (secondary N) is 3. The van der Waals surface area contributed by atoms with Gasteiger partial charge in [-0.2, -0.15) is 11.3 Å². The van der Waals surface area contributed by atoms with Crippen LogP contribution >= 0.6 is 23.7 Å². The lowest BCUT2D eigenvalue weighted by molar-refractivity contribution is 1.17. The van der Waals surface area contributed by atoms with Gasteiger partial charge in [0, 0.05) is 12.2 Å². The van der Waals surface area contributed by atoms with Crippen molar-refractivity contribution < 1.29 is 0 Å². The monoisotopic (exact) mass is 281 g/mol. The van der Waals surface area contributed by atoms with Gasteiger partial charge in [0.25, 0.3) is 0 Å². The van der Waals surface area contributed by atoms with Crippen LogP contribution in [0.15, 0.2) is 39.8 Å². The molecule has 3 aromatic rings. The summed E-state index contributed by atoms with van der Waals surface area (Å²) >= 11 is 1.69. The van der Waals surface area contributed by atoms with Crippen LogP contribution in [0.25, 0.3) is 11.0 Å². The maximum atomic E-state index is 11.1. The number of imidazole rings is 1. The summed E-state index contributed by atoms with van der Waals surface area (Å²) in [5, 5.41) is 7.49. The minimum absolute atomic E-state index is 0. The standard InChI is InChI=1S/C12H11N3OS.ClH/c16-12-14-10-2-1-9(5-11(10)15-12)13-6-8-3-4-17-7-8;/h1-5,7,13H,6H2,(H2,14,15,16);1H. The Kier molecular flexibility index (Phi) is 3.74. The third-order valence-corrected chi connectivity index (χ3v) is 3.32. The van der Waals surface area contributed by atoms with Gasteiger partial charge >= 0.3 is 5.69 Å². The highest BCUT2D eigenvalue weighted by Crippen LogP contribution is 2.16. The number of hydrogen-bond acceptors (Lipinski definition) is 3. The molecule has 3 rings (SSSR count). The highest BCUT2D eigenvalue weighted by atomic mass is 35.5. The summed E-state index contributed by atoms with van der Waals surface area (Å²) in [5.74, 6) is 0. The molecule has 0 aliphatic carbocycles. The van der Waals surface area contributed by atoms with E-state index in [-0.39, 0.29) is 18.1 Å². The fourth-order valence-corrected chi connectivity index (χ4v) is 2.41. The molecule has 3 N–H and O–H groups in total. The predicted molar refractivity (Wildman–Crippen MR) is 77.8 cm³/mol. The number of H-pyrrole nitrogens is 2. The van der Waals surface area contributed by atoms with E-state index in [2.05, 4.69) is 32.1 Å². The molecule has 0 saturated carbocycles. The lowest BCUT2D eigenvalue weighted by Gasteiger charge is -2.04. The van der Waals surface area contributed by atoms with Crippen LogP contribution in [0.4, 0.5) is 5.69 Å². The molecule has 0 amide bonds. The fraction of sp³-hybridized carbons (Fsp3) is 0.0833. The van der Waals surface area contributed by atoms with E-state index >= 15 is 0 Å². The Morgan fingerprint density at radius 3 is 2.78 bits per heavy atom. The lowest BCUT2D eigenvalue weighted by atomic mass is 10.2. The minimum Gasteiger partial charge on any atom is -0.381 e. The number of fused-ring (bicyclic) bond motifs is 1. The lowest BCUT2D eigenvalue weighted by Crippen LogP contribution is -1.99. The summed E-state index contributed by atoms with van der Waals surface area (Å²) in [6, 6.07) is 7.87. The van der Waals surface area contributed by atoms with Crippen molar-refractivity contribution in [2.75, 3.05) is 5.32 Å². The fourth-order valence-electron chi connectivity index (χ4n) is 1.74. The molecule has 0 radical (unpaired) electrons. The van der Waals surface area contributed by atoms with Gasteiger partial charge in [-0.25, -0.2) is 4.79 Å². The summed E-state index contributed by atoms with van der Waals surface area (Å²) in [7, 11) is 0. The van der Waals surface area contributed by atoms with Crippen LogP contribution in [-0.2, 0) is 6.54 Å². The van der Waals surface area contributed by atoms with E-state index in [1.165, 1.54) is 5.56 Å². The van der Waals surface area contributed by atoms with Gasteiger partial charge in [0.05, 0.1) is 11.0 Å². The molecule has 2 aromatic heterocycles. The van der Waals surface area contributed by atoms with Crippen molar-refractivity contribution in [1.82, 2.24) is 9.97 Å². The van der Waals surface area contributed by atoms with Gasteiger partial charge in [0.2, 0.25) is 0 Å². The highest BCUT2D eigenvalue weighted by Gasteiger charge is 1.99. The van der Waals surface area contributed by atoms with Gasteiger partial charge in [-0.15, -0.1) is 12.4 Å². The molecule has 0 atom stereocenters. The average Bonchev–Trinajstić information content (AvgIpc) is 2.92. The van der Waals surface area contributed by atoms with Gasteiger partial charge in [0.15, 0.2) is 0 Å². The third kappa shape index (κ3) is 2.57. The molecule has 0 aliphatic heterocycles. The van der Waals surface area contributed by atoms with E-state index in [4.69, 9.17) is 0 Å². The Morgan fingerprint density at radius 2 is 2.00 bits per heavy atom. The number of benzene rings is 1. The van der Waals surface area contributed by atoms with Gasteiger partial charge in [-0.3, -0.25) is 0 Å². The summed E-state index contributed by atoms with van der Waals surface area (Å²) in [6.07, 6.45) is 0. The molecule has 2 heterocycles. The van der Waals surface area contributed by atoms with Crippen molar-refractivity contribution in [3.63, 3.8) is 0 Å². The summed E-state index contributed by atoms with van der Waals surface area (Å²) in [6.45, 7) is 0.795. The van der Waals surface area contributed by atoms with Crippen LogP contribution in [0.1, 0.15) is 5.56 Å². The number of aromatic amines is 2. The van der Waals surface area contributed by atoms with Crippen molar-refractivity contribution in [1.29, 1.82) is 0 Å². The number of hydrogen-bond donors (Lipinski definition) is 3. The van der Waals surface area contributed by atoms with Crippen LogP contribution in [0.5, 0.6) is 0 Å². The van der Waals surface area contributed by atoms with Crippen molar-refractivity contribution in [2.24, 2.45) is 0 Å². The van der Waals surface area contributed by atoms with E-state index in [0.717, 1.165) is 23.3 Å². The predicted octanol–water partition coefficient (Wildman–Crippen LogP) is 2.95. The maximum Gasteiger partial charge on any atom is 0.323 e. The Labute approximate surface area is 113 Å². The molecular formula is C12H12ClN3OS. The second-order valence-electron chi connectivity index (χ2n) is 3.82. The highest BCUT2D eigenvalue weighted by molar-refractivity contribution is 7.07. The van der Waals surface area contributed by atoms with Gasteiger partial charge in [0.1, 0.15) is 0 Å². The Hall–Kier alpha value is -1.72. The normalized spacial score (nSPS) is 10.2. The van der Waals surface area contributed by atoms with E-state index in [9.17, 15) is 4.79 Å². The second-order valence-corrected chi connectivity index (χ2v) is 4.60. The van der Waals surface area contributed by atoms with E-state index < -0.39 is 0 Å². The van der Waals surface area contributed by atoms with E-state index in [1.807, 2.05) is 18.2 Å². The third-order valence-electron chi connectivity index (χ3n) is 2.59. The van der Waals surface area contributed by atoms with Crippen LogP contribution in [0.2, 0.25) is 0 Å². The second kappa shape index (κ2) is 5.29. The van der Waals surface area contributed by atoms with Crippen molar-refractivity contribution in [3.05, 3.63) is 51.1 Å². The number of anilines is 1. The molecule has 0 aliphatic rings. The topological polar surface area (TPSA) is 60.7 Å². The van der Waals surface area contributed by atoms with Gasteiger partial charge in [-0.05, 0) is 40.6 Å². The molecule has 0 saturated heterocycles. The molecule has 0 fully saturated rings. The first-order valence-corrected chi connectivity index (χ1v) is 6.22. The van der Waals surface area contributed by atoms with Crippen LogP contribution in [-0.4, -0.2) is 9.97 Å². The van der Waals surface area contributed by atoms with Crippen molar-refractivity contribution in [3.8, 4) is 0 Å². The number of halogens is 1. The summed E-state index contributed by atoms with van der Waals surface area (Å²) in [4.78, 5) is 16.6. The zero-order valence-electron chi connectivity index (χ0n) is 9.40. The largest absolute Gasteiger partial charge is 0.381 e. The van der Waals surface area contributed by atoms with Gasteiger partial charge < -0.3 is 15.3 Å². The van der Waals surface area contributed by atoms with E-state index in [1.54, 1.807) is 11.3 Å². The average molecular weight is 282 g/mol. The van der Waals surface area contributed by atoms with Crippen LogP contribution in [0, 0.1) is 0 Å². The first kappa shape index (κ1) is 12.7. The maximum absolute atomic E-state index is 11.1. The number of aromatic nitrogens is 2. The van der Waals surface area contributed by atoms with Crippen LogP contribution < -0.4 is 11.0 Å². The van der Waals surface area contributed by atoms with E-state index in [0.29, 0.717) is 0 Å². The van der Waals surface area contributed by atoms with Crippen molar-refractivity contribution in [2.45, 2.75) is 6.54 Å². The summed E-state index contributed by atoms with van der Waals surface area (Å²) < 4.78 is 0. The van der Waals surface area contributed by atoms with Crippen molar-refractivity contribution >= 4 is 40.5 Å². The molecule has 0 spiro atoms.